The molecule has 1 amide bonds. The average molecular weight is 255 g/mol. The van der Waals surface area contributed by atoms with Crippen molar-refractivity contribution >= 4 is 5.91 Å². The lowest BCUT2D eigenvalue weighted by atomic mass is 10.1. The smallest absolute Gasteiger partial charge is 0.220 e. The van der Waals surface area contributed by atoms with E-state index in [2.05, 4.69) is 11.9 Å². The fourth-order valence-electron chi connectivity index (χ4n) is 1.86. The number of unbranched alkanes of at least 4 members (excludes halogenated alkanes) is 6. The second-order valence-corrected chi connectivity index (χ2v) is 4.80. The molecule has 0 saturated heterocycles. The zero-order valence-corrected chi connectivity index (χ0v) is 11.8. The van der Waals surface area contributed by atoms with Crippen molar-refractivity contribution in [2.75, 3.05) is 6.61 Å². The molecule has 0 heterocycles. The Bertz CT molecular complexity index is 213. The summed E-state index contributed by atoms with van der Waals surface area (Å²) in [6.07, 6.45) is 11.5. The van der Waals surface area contributed by atoms with Crippen LogP contribution in [0.25, 0.3) is 0 Å². The van der Waals surface area contributed by atoms with Crippen LogP contribution in [-0.2, 0) is 4.79 Å². The van der Waals surface area contributed by atoms with Gasteiger partial charge in [-0.1, -0.05) is 38.7 Å². The first-order valence-electron chi connectivity index (χ1n) is 7.25. The van der Waals surface area contributed by atoms with E-state index in [1.165, 1.54) is 25.7 Å². The quantitative estimate of drug-likeness (QED) is 0.415. The molecule has 0 saturated carbocycles. The summed E-state index contributed by atoms with van der Waals surface area (Å²) in [4.78, 5) is 11.5. The molecular weight excluding hydrogens is 226 g/mol. The third-order valence-electron chi connectivity index (χ3n) is 3.14. The number of rotatable bonds is 12. The number of amides is 1. The number of nitrogens with one attached hydrogen (secondary N) is 1. The minimum atomic E-state index is -0.0728. The van der Waals surface area contributed by atoms with E-state index in [1.54, 1.807) is 0 Å². The Hall–Kier alpha value is -0.830. The third kappa shape index (κ3) is 10.3. The van der Waals surface area contributed by atoms with E-state index in [9.17, 15) is 4.79 Å². The van der Waals surface area contributed by atoms with E-state index in [-0.39, 0.29) is 18.6 Å². The summed E-state index contributed by atoms with van der Waals surface area (Å²) in [6, 6.07) is -0.0728. The fourth-order valence-corrected chi connectivity index (χ4v) is 1.86. The molecule has 0 spiro atoms. The number of allylic oxidation sites excluding steroid dienone is 1. The van der Waals surface area contributed by atoms with Crippen molar-refractivity contribution in [1.82, 2.24) is 5.32 Å². The number of carbonyl (C=O) groups is 1. The highest BCUT2D eigenvalue weighted by Crippen LogP contribution is 2.08. The van der Waals surface area contributed by atoms with Gasteiger partial charge in [0.1, 0.15) is 0 Å². The summed E-state index contributed by atoms with van der Waals surface area (Å²) in [5, 5.41) is 11.8. The van der Waals surface area contributed by atoms with Gasteiger partial charge in [-0.25, -0.2) is 0 Å². The van der Waals surface area contributed by atoms with Gasteiger partial charge in [0.25, 0.3) is 0 Å². The zero-order valence-electron chi connectivity index (χ0n) is 11.8. The molecule has 0 aromatic carbocycles. The van der Waals surface area contributed by atoms with Gasteiger partial charge in [0.15, 0.2) is 0 Å². The maximum Gasteiger partial charge on any atom is 0.220 e. The fraction of sp³-hybridized carbons (Fsp3) is 0.800. The Morgan fingerprint density at radius 2 is 1.83 bits per heavy atom. The lowest BCUT2D eigenvalue weighted by Gasteiger charge is -2.13. The highest BCUT2D eigenvalue weighted by molar-refractivity contribution is 5.76. The largest absolute Gasteiger partial charge is 0.394 e. The molecule has 18 heavy (non-hydrogen) atoms. The average Bonchev–Trinajstić information content (AvgIpc) is 2.39. The van der Waals surface area contributed by atoms with Crippen LogP contribution in [0.15, 0.2) is 12.7 Å². The highest BCUT2D eigenvalue weighted by atomic mass is 16.3. The summed E-state index contributed by atoms with van der Waals surface area (Å²) in [5.74, 6) is 0.0718. The van der Waals surface area contributed by atoms with Crippen LogP contribution >= 0.6 is 0 Å². The van der Waals surface area contributed by atoms with E-state index in [0.29, 0.717) is 6.42 Å². The van der Waals surface area contributed by atoms with Crippen molar-refractivity contribution in [2.24, 2.45) is 0 Å². The molecule has 0 aromatic heterocycles. The van der Waals surface area contributed by atoms with Gasteiger partial charge in [-0.2, -0.15) is 0 Å². The van der Waals surface area contributed by atoms with Gasteiger partial charge in [0.2, 0.25) is 5.91 Å². The molecule has 0 aliphatic rings. The molecule has 0 fully saturated rings. The van der Waals surface area contributed by atoms with E-state index < -0.39 is 0 Å². The molecule has 3 nitrogen and oxygen atoms in total. The number of hydrogen-bond donors (Lipinski definition) is 2. The van der Waals surface area contributed by atoms with E-state index in [0.717, 1.165) is 25.7 Å². The SMILES string of the molecule is C=CCCCCCCCCC(=O)NC(CC)CO. The predicted octanol–water partition coefficient (Wildman–Crippen LogP) is 3.18. The van der Waals surface area contributed by atoms with Crippen LogP contribution in [0.2, 0.25) is 0 Å². The molecule has 3 heteroatoms. The van der Waals surface area contributed by atoms with Crippen LogP contribution in [0.5, 0.6) is 0 Å². The first kappa shape index (κ1) is 17.2. The maximum absolute atomic E-state index is 11.5. The summed E-state index contributed by atoms with van der Waals surface area (Å²) in [7, 11) is 0. The van der Waals surface area contributed by atoms with Crippen LogP contribution in [0.1, 0.15) is 64.7 Å². The van der Waals surface area contributed by atoms with Crippen LogP contribution in [-0.4, -0.2) is 23.7 Å². The number of hydrogen-bond acceptors (Lipinski definition) is 2. The van der Waals surface area contributed by atoms with Crippen molar-refractivity contribution in [3.8, 4) is 0 Å². The molecule has 0 aliphatic heterocycles. The number of aliphatic hydroxyl groups excluding tert-OH is 1. The minimum absolute atomic E-state index is 0.0333. The van der Waals surface area contributed by atoms with E-state index in [1.807, 2.05) is 13.0 Å². The Morgan fingerprint density at radius 3 is 2.39 bits per heavy atom. The topological polar surface area (TPSA) is 49.3 Å². The Labute approximate surface area is 112 Å². The first-order chi connectivity index (χ1) is 8.74. The molecule has 0 bridgehead atoms. The summed E-state index contributed by atoms with van der Waals surface area (Å²) in [6.45, 7) is 5.70. The molecule has 0 rings (SSSR count). The van der Waals surface area contributed by atoms with E-state index in [4.69, 9.17) is 5.11 Å². The van der Waals surface area contributed by atoms with Crippen LogP contribution in [0.3, 0.4) is 0 Å². The minimum Gasteiger partial charge on any atom is -0.394 e. The van der Waals surface area contributed by atoms with Crippen molar-refractivity contribution in [3.63, 3.8) is 0 Å². The standard InChI is InChI=1S/C15H29NO2/c1-3-5-6-7-8-9-10-11-12-15(18)16-14(4-2)13-17/h3,14,17H,1,4-13H2,2H3,(H,16,18). The third-order valence-corrected chi connectivity index (χ3v) is 3.14. The molecule has 106 valence electrons. The Morgan fingerprint density at radius 1 is 1.22 bits per heavy atom. The summed E-state index contributed by atoms with van der Waals surface area (Å²) in [5.41, 5.74) is 0. The molecule has 0 aliphatic carbocycles. The summed E-state index contributed by atoms with van der Waals surface area (Å²) < 4.78 is 0. The lowest BCUT2D eigenvalue weighted by Crippen LogP contribution is -2.36. The number of aliphatic hydroxyl groups is 1. The monoisotopic (exact) mass is 255 g/mol. The van der Waals surface area contributed by atoms with Crippen LogP contribution in [0.4, 0.5) is 0 Å². The zero-order chi connectivity index (χ0) is 13.6. The molecular formula is C15H29NO2. The van der Waals surface area contributed by atoms with Crippen molar-refractivity contribution in [2.45, 2.75) is 70.8 Å². The Kier molecular flexibility index (Phi) is 12.0. The van der Waals surface area contributed by atoms with Gasteiger partial charge >= 0.3 is 0 Å². The van der Waals surface area contributed by atoms with Gasteiger partial charge < -0.3 is 10.4 Å². The van der Waals surface area contributed by atoms with Crippen molar-refractivity contribution < 1.29 is 9.90 Å². The number of carbonyl (C=O) groups excluding carboxylic acids is 1. The van der Waals surface area contributed by atoms with Gasteiger partial charge in [0.05, 0.1) is 12.6 Å². The molecule has 2 N–H and O–H groups in total. The molecule has 0 radical (unpaired) electrons. The van der Waals surface area contributed by atoms with Gasteiger partial charge in [-0.15, -0.1) is 6.58 Å². The second-order valence-electron chi connectivity index (χ2n) is 4.80. The van der Waals surface area contributed by atoms with E-state index >= 15 is 0 Å². The maximum atomic E-state index is 11.5. The molecule has 1 unspecified atom stereocenters. The highest BCUT2D eigenvalue weighted by Gasteiger charge is 2.08. The van der Waals surface area contributed by atoms with Gasteiger partial charge in [-0.3, -0.25) is 4.79 Å². The van der Waals surface area contributed by atoms with Crippen LogP contribution in [0, 0.1) is 0 Å². The van der Waals surface area contributed by atoms with Crippen LogP contribution < -0.4 is 5.32 Å². The lowest BCUT2D eigenvalue weighted by molar-refractivity contribution is -0.122. The molecule has 0 aromatic rings. The van der Waals surface area contributed by atoms with Crippen molar-refractivity contribution in [3.05, 3.63) is 12.7 Å². The predicted molar refractivity (Wildman–Crippen MR) is 76.4 cm³/mol. The van der Waals surface area contributed by atoms with Gasteiger partial charge in [-0.05, 0) is 25.7 Å². The van der Waals surface area contributed by atoms with Crippen molar-refractivity contribution in [1.29, 1.82) is 0 Å². The first-order valence-corrected chi connectivity index (χ1v) is 7.25. The Balaban J connectivity index is 3.32. The second kappa shape index (κ2) is 12.6. The summed E-state index contributed by atoms with van der Waals surface area (Å²) >= 11 is 0. The molecule has 1 atom stereocenters. The van der Waals surface area contributed by atoms with Gasteiger partial charge in [0, 0.05) is 6.42 Å². The normalized spacial score (nSPS) is 12.1.